The molecule has 1 heterocycles. The van der Waals surface area contributed by atoms with Crippen molar-refractivity contribution < 1.29 is 9.15 Å². The quantitative estimate of drug-likeness (QED) is 0.725. The predicted octanol–water partition coefficient (Wildman–Crippen LogP) is 4.55. The molecule has 0 aliphatic rings. The van der Waals surface area contributed by atoms with Gasteiger partial charge in [0.15, 0.2) is 5.58 Å². The summed E-state index contributed by atoms with van der Waals surface area (Å²) in [6, 6.07) is 8.06. The highest BCUT2D eigenvalue weighted by atomic mass is 35.5. The summed E-state index contributed by atoms with van der Waals surface area (Å²) >= 11 is 6.17. The Bertz CT molecular complexity index is 538. The smallest absolute Gasteiger partial charge is 0.152 e. The monoisotopic (exact) mass is 295 g/mol. The Morgan fingerprint density at radius 2 is 2.20 bits per heavy atom. The first-order valence-corrected chi connectivity index (χ1v) is 7.63. The lowest BCUT2D eigenvalue weighted by Gasteiger charge is -2.15. The molecule has 0 radical (unpaired) electrons. The van der Waals surface area contributed by atoms with Crippen LogP contribution < -0.4 is 5.32 Å². The summed E-state index contributed by atoms with van der Waals surface area (Å²) in [6.45, 7) is 6.59. The Morgan fingerprint density at radius 3 is 2.90 bits per heavy atom. The number of rotatable bonds is 8. The second kappa shape index (κ2) is 7.67. The summed E-state index contributed by atoms with van der Waals surface area (Å²) in [5, 5.41) is 5.22. The summed E-state index contributed by atoms with van der Waals surface area (Å²) in [4.78, 5) is 0. The maximum absolute atomic E-state index is 6.17. The van der Waals surface area contributed by atoms with Crippen molar-refractivity contribution >= 4 is 22.6 Å². The number of hydrogen-bond donors (Lipinski definition) is 1. The fourth-order valence-corrected chi connectivity index (χ4v) is 2.45. The molecule has 1 atom stereocenters. The van der Waals surface area contributed by atoms with E-state index in [2.05, 4.69) is 18.3 Å². The van der Waals surface area contributed by atoms with Gasteiger partial charge in [0.05, 0.1) is 11.1 Å². The predicted molar refractivity (Wildman–Crippen MR) is 83.4 cm³/mol. The Balaban J connectivity index is 2.18. The lowest BCUT2D eigenvalue weighted by molar-refractivity contribution is 0.134. The van der Waals surface area contributed by atoms with Gasteiger partial charge in [-0.1, -0.05) is 30.7 Å². The standard InChI is InChI=1S/C16H22ClNO2/c1-3-9-18-14(8-10-19-4-2)15-11-12-6-5-7-13(17)16(12)20-15/h5-7,11,14,18H,3-4,8-10H2,1-2H3. The summed E-state index contributed by atoms with van der Waals surface area (Å²) in [5.74, 6) is 0.932. The van der Waals surface area contributed by atoms with E-state index in [1.807, 2.05) is 25.1 Å². The minimum Gasteiger partial charge on any atom is -0.458 e. The van der Waals surface area contributed by atoms with Crippen LogP contribution in [-0.4, -0.2) is 19.8 Å². The molecule has 2 rings (SSSR count). The van der Waals surface area contributed by atoms with Gasteiger partial charge in [-0.2, -0.15) is 0 Å². The fourth-order valence-electron chi connectivity index (χ4n) is 2.23. The van der Waals surface area contributed by atoms with E-state index < -0.39 is 0 Å². The van der Waals surface area contributed by atoms with E-state index in [-0.39, 0.29) is 6.04 Å². The average molecular weight is 296 g/mol. The summed E-state index contributed by atoms with van der Waals surface area (Å²) in [7, 11) is 0. The molecule has 0 aliphatic heterocycles. The zero-order valence-corrected chi connectivity index (χ0v) is 12.9. The van der Waals surface area contributed by atoms with E-state index in [0.717, 1.165) is 49.3 Å². The number of benzene rings is 1. The highest BCUT2D eigenvalue weighted by molar-refractivity contribution is 6.34. The summed E-state index contributed by atoms with van der Waals surface area (Å²) in [5.41, 5.74) is 0.767. The molecule has 1 N–H and O–H groups in total. The van der Waals surface area contributed by atoms with Crippen LogP contribution in [0.3, 0.4) is 0 Å². The van der Waals surface area contributed by atoms with Crippen molar-refractivity contribution in [2.24, 2.45) is 0 Å². The van der Waals surface area contributed by atoms with Crippen molar-refractivity contribution in [2.45, 2.75) is 32.7 Å². The third-order valence-electron chi connectivity index (χ3n) is 3.25. The van der Waals surface area contributed by atoms with Crippen LogP contribution in [0.1, 0.15) is 38.5 Å². The third-order valence-corrected chi connectivity index (χ3v) is 3.55. The van der Waals surface area contributed by atoms with Crippen molar-refractivity contribution in [1.29, 1.82) is 0 Å². The first kappa shape index (κ1) is 15.4. The molecule has 0 spiro atoms. The van der Waals surface area contributed by atoms with Crippen molar-refractivity contribution in [3.63, 3.8) is 0 Å². The molecule has 0 fully saturated rings. The van der Waals surface area contributed by atoms with Crippen LogP contribution in [0.4, 0.5) is 0 Å². The van der Waals surface area contributed by atoms with Crippen LogP contribution >= 0.6 is 11.6 Å². The zero-order valence-electron chi connectivity index (χ0n) is 12.1. The second-order valence-corrected chi connectivity index (χ2v) is 5.21. The van der Waals surface area contributed by atoms with Gasteiger partial charge in [-0.15, -0.1) is 0 Å². The molecule has 3 nitrogen and oxygen atoms in total. The van der Waals surface area contributed by atoms with Crippen LogP contribution in [0, 0.1) is 0 Å². The lowest BCUT2D eigenvalue weighted by atomic mass is 10.1. The number of fused-ring (bicyclic) bond motifs is 1. The highest BCUT2D eigenvalue weighted by Gasteiger charge is 2.16. The Hall–Kier alpha value is -1.03. The Kier molecular flexibility index (Phi) is 5.89. The SMILES string of the molecule is CCCNC(CCOCC)c1cc2cccc(Cl)c2o1. The maximum atomic E-state index is 6.17. The largest absolute Gasteiger partial charge is 0.458 e. The maximum Gasteiger partial charge on any atom is 0.152 e. The molecule has 1 aromatic heterocycles. The number of nitrogens with one attached hydrogen (secondary N) is 1. The first-order chi connectivity index (χ1) is 9.76. The van der Waals surface area contributed by atoms with Crippen molar-refractivity contribution in [1.82, 2.24) is 5.32 Å². The van der Waals surface area contributed by atoms with Crippen LogP contribution in [0.15, 0.2) is 28.7 Å². The summed E-state index contributed by atoms with van der Waals surface area (Å²) in [6.07, 6.45) is 1.98. The molecule has 0 bridgehead atoms. The zero-order chi connectivity index (χ0) is 14.4. The van der Waals surface area contributed by atoms with Gasteiger partial charge in [-0.3, -0.25) is 0 Å². The van der Waals surface area contributed by atoms with Crippen LogP contribution in [-0.2, 0) is 4.74 Å². The molecule has 2 aromatic rings. The lowest BCUT2D eigenvalue weighted by Crippen LogP contribution is -2.23. The molecule has 1 unspecified atom stereocenters. The van der Waals surface area contributed by atoms with Crippen LogP contribution in [0.2, 0.25) is 5.02 Å². The second-order valence-electron chi connectivity index (χ2n) is 4.80. The van der Waals surface area contributed by atoms with Gasteiger partial charge in [-0.25, -0.2) is 0 Å². The van der Waals surface area contributed by atoms with E-state index in [4.69, 9.17) is 20.8 Å². The van der Waals surface area contributed by atoms with Gasteiger partial charge in [0, 0.05) is 18.6 Å². The van der Waals surface area contributed by atoms with E-state index in [9.17, 15) is 0 Å². The minimum absolute atomic E-state index is 0.171. The number of furan rings is 1. The number of hydrogen-bond acceptors (Lipinski definition) is 3. The molecule has 1 aromatic carbocycles. The first-order valence-electron chi connectivity index (χ1n) is 7.25. The summed E-state index contributed by atoms with van der Waals surface area (Å²) < 4.78 is 11.4. The topological polar surface area (TPSA) is 34.4 Å². The molecule has 0 saturated carbocycles. The van der Waals surface area contributed by atoms with E-state index in [0.29, 0.717) is 5.02 Å². The average Bonchev–Trinajstić information content (AvgIpc) is 2.88. The van der Waals surface area contributed by atoms with Gasteiger partial charge in [0.25, 0.3) is 0 Å². The highest BCUT2D eigenvalue weighted by Crippen LogP contribution is 2.30. The van der Waals surface area contributed by atoms with Crippen molar-refractivity contribution in [3.8, 4) is 0 Å². The van der Waals surface area contributed by atoms with Crippen LogP contribution in [0.25, 0.3) is 11.0 Å². The number of halogens is 1. The van der Waals surface area contributed by atoms with E-state index in [1.165, 1.54) is 0 Å². The Labute approximate surface area is 125 Å². The molecule has 0 saturated heterocycles. The van der Waals surface area contributed by atoms with Crippen LogP contribution in [0.5, 0.6) is 0 Å². The molecular formula is C16H22ClNO2. The van der Waals surface area contributed by atoms with Gasteiger partial charge in [-0.05, 0) is 38.4 Å². The van der Waals surface area contributed by atoms with E-state index >= 15 is 0 Å². The fraction of sp³-hybridized carbons (Fsp3) is 0.500. The van der Waals surface area contributed by atoms with Gasteiger partial charge in [0.1, 0.15) is 5.76 Å². The number of ether oxygens (including phenoxy) is 1. The van der Waals surface area contributed by atoms with Gasteiger partial charge >= 0.3 is 0 Å². The molecule has 20 heavy (non-hydrogen) atoms. The van der Waals surface area contributed by atoms with Gasteiger partial charge in [0.2, 0.25) is 0 Å². The molecular weight excluding hydrogens is 274 g/mol. The molecule has 0 amide bonds. The van der Waals surface area contributed by atoms with Gasteiger partial charge < -0.3 is 14.5 Å². The third kappa shape index (κ3) is 3.75. The molecule has 4 heteroatoms. The molecule has 110 valence electrons. The Morgan fingerprint density at radius 1 is 1.35 bits per heavy atom. The molecule has 0 aliphatic carbocycles. The number of para-hydroxylation sites is 1. The minimum atomic E-state index is 0.171. The normalized spacial score (nSPS) is 12.9. The van der Waals surface area contributed by atoms with E-state index in [1.54, 1.807) is 0 Å². The van der Waals surface area contributed by atoms with Crippen molar-refractivity contribution in [2.75, 3.05) is 19.8 Å². The van der Waals surface area contributed by atoms with Crippen molar-refractivity contribution in [3.05, 3.63) is 35.0 Å².